The van der Waals surface area contributed by atoms with Gasteiger partial charge < -0.3 is 14.8 Å². The molecule has 170 valence electrons. The molecule has 2 N–H and O–H groups in total. The minimum Gasteiger partial charge on any atom is -0.493 e. The zero-order chi connectivity index (χ0) is 23.3. The fourth-order valence-electron chi connectivity index (χ4n) is 2.77. The number of urea groups is 1. The van der Waals surface area contributed by atoms with Gasteiger partial charge >= 0.3 is 12.2 Å². The normalized spacial score (nSPS) is 11.2. The van der Waals surface area contributed by atoms with Gasteiger partial charge in [-0.2, -0.15) is 13.2 Å². The first-order valence-electron chi connectivity index (χ1n) is 9.17. The molecule has 3 rings (SSSR count). The number of hydrogen-bond acceptors (Lipinski definition) is 6. The molecule has 0 saturated heterocycles. The van der Waals surface area contributed by atoms with Crippen LogP contribution < -0.4 is 20.1 Å². The van der Waals surface area contributed by atoms with E-state index in [2.05, 4.69) is 20.8 Å². The lowest BCUT2D eigenvalue weighted by Gasteiger charge is -2.11. The topological polar surface area (TPSA) is 85.4 Å². The Labute approximate surface area is 184 Å². The standard InChI is InChI=1S/C20H18F4N4O3S/c1-30-15-7-3-11(9-16(15)31-2)4-8-17-27-28-19(32-17)26-18(29)25-12-5-6-14(21)13(10-12)20(22,23)24/h3,5-7,9-10H,4,8H2,1-2H3,(H2,25,26,28,29). The maximum atomic E-state index is 13.3. The van der Waals surface area contributed by atoms with Gasteiger partial charge in [0.05, 0.1) is 19.8 Å². The molecule has 0 aliphatic carbocycles. The van der Waals surface area contributed by atoms with Gasteiger partial charge in [-0.25, -0.2) is 9.18 Å². The predicted molar refractivity (Wildman–Crippen MR) is 111 cm³/mol. The molecule has 3 aromatic rings. The second-order valence-electron chi connectivity index (χ2n) is 6.46. The van der Waals surface area contributed by atoms with Crippen molar-refractivity contribution in [3.63, 3.8) is 0 Å². The summed E-state index contributed by atoms with van der Waals surface area (Å²) >= 11 is 1.13. The van der Waals surface area contributed by atoms with Gasteiger partial charge in [-0.15, -0.1) is 10.2 Å². The van der Waals surface area contributed by atoms with Crippen LogP contribution in [0.2, 0.25) is 0 Å². The van der Waals surface area contributed by atoms with Crippen molar-refractivity contribution in [2.24, 2.45) is 0 Å². The highest BCUT2D eigenvalue weighted by molar-refractivity contribution is 7.15. The van der Waals surface area contributed by atoms with Crippen molar-refractivity contribution in [1.29, 1.82) is 0 Å². The maximum absolute atomic E-state index is 13.3. The molecule has 0 radical (unpaired) electrons. The van der Waals surface area contributed by atoms with Crippen LogP contribution in [0.3, 0.4) is 0 Å². The molecule has 12 heteroatoms. The van der Waals surface area contributed by atoms with Crippen LogP contribution in [0.15, 0.2) is 36.4 Å². The van der Waals surface area contributed by atoms with E-state index in [1.807, 2.05) is 12.1 Å². The lowest BCUT2D eigenvalue weighted by molar-refractivity contribution is -0.139. The average Bonchev–Trinajstić information content (AvgIpc) is 3.19. The molecule has 7 nitrogen and oxygen atoms in total. The highest BCUT2D eigenvalue weighted by Gasteiger charge is 2.34. The van der Waals surface area contributed by atoms with Crippen molar-refractivity contribution in [2.75, 3.05) is 24.9 Å². The molecule has 1 heterocycles. The smallest absolute Gasteiger partial charge is 0.419 e. The number of anilines is 2. The molecular weight excluding hydrogens is 452 g/mol. The Kier molecular flexibility index (Phi) is 7.13. The van der Waals surface area contributed by atoms with E-state index >= 15 is 0 Å². The van der Waals surface area contributed by atoms with Crippen LogP contribution in [0.4, 0.5) is 33.2 Å². The molecule has 0 saturated carbocycles. The number of halogens is 4. The molecule has 0 unspecified atom stereocenters. The summed E-state index contributed by atoms with van der Waals surface area (Å²) in [5.41, 5.74) is -0.694. The molecule has 32 heavy (non-hydrogen) atoms. The summed E-state index contributed by atoms with van der Waals surface area (Å²) in [7, 11) is 3.10. The molecule has 0 atom stereocenters. The van der Waals surface area contributed by atoms with Crippen LogP contribution in [0.25, 0.3) is 0 Å². The SMILES string of the molecule is COc1ccc(CCc2nnc(NC(=O)Nc3ccc(F)c(C(F)(F)F)c3)s2)cc1OC. The van der Waals surface area contributed by atoms with E-state index in [-0.39, 0.29) is 10.8 Å². The Balaban J connectivity index is 1.58. The summed E-state index contributed by atoms with van der Waals surface area (Å²) in [4.78, 5) is 12.1. The summed E-state index contributed by atoms with van der Waals surface area (Å²) in [6, 6.07) is 6.90. The number of methoxy groups -OCH3 is 2. The molecule has 0 bridgehead atoms. The first kappa shape index (κ1) is 23.3. The number of alkyl halides is 3. The van der Waals surface area contributed by atoms with Crippen molar-refractivity contribution < 1.29 is 31.8 Å². The van der Waals surface area contributed by atoms with Crippen molar-refractivity contribution >= 4 is 28.2 Å². The Morgan fingerprint density at radius 2 is 1.75 bits per heavy atom. The van der Waals surface area contributed by atoms with Gasteiger partial charge in [0.15, 0.2) is 11.5 Å². The summed E-state index contributed by atoms with van der Waals surface area (Å²) in [5.74, 6) is -0.198. The second kappa shape index (κ2) is 9.81. The van der Waals surface area contributed by atoms with Crippen molar-refractivity contribution in [3.8, 4) is 11.5 Å². The fraction of sp³-hybridized carbons (Fsp3) is 0.250. The van der Waals surface area contributed by atoms with E-state index in [1.165, 1.54) is 0 Å². The van der Waals surface area contributed by atoms with Crippen LogP contribution in [0.5, 0.6) is 11.5 Å². The van der Waals surface area contributed by atoms with Crippen LogP contribution in [-0.2, 0) is 19.0 Å². The monoisotopic (exact) mass is 470 g/mol. The van der Waals surface area contributed by atoms with Gasteiger partial charge in [0.25, 0.3) is 0 Å². The predicted octanol–water partition coefficient (Wildman–Crippen LogP) is 5.14. The van der Waals surface area contributed by atoms with Crippen LogP contribution >= 0.6 is 11.3 Å². The zero-order valence-corrected chi connectivity index (χ0v) is 17.7. The fourth-order valence-corrected chi connectivity index (χ4v) is 3.51. The van der Waals surface area contributed by atoms with Crippen molar-refractivity contribution in [1.82, 2.24) is 10.2 Å². The van der Waals surface area contributed by atoms with Crippen LogP contribution in [-0.4, -0.2) is 30.4 Å². The number of carbonyl (C=O) groups excluding carboxylic acids is 1. The minimum atomic E-state index is -4.87. The Hall–Kier alpha value is -3.41. The number of aromatic nitrogens is 2. The molecule has 0 aliphatic heterocycles. The summed E-state index contributed by atoms with van der Waals surface area (Å²) in [5, 5.41) is 13.3. The van der Waals surface area contributed by atoms with Gasteiger partial charge in [-0.1, -0.05) is 17.4 Å². The van der Waals surface area contributed by atoms with E-state index in [0.717, 1.165) is 23.0 Å². The average molecular weight is 470 g/mol. The Morgan fingerprint density at radius 3 is 2.44 bits per heavy atom. The summed E-state index contributed by atoms with van der Waals surface area (Å²) in [6.45, 7) is 0. The van der Waals surface area contributed by atoms with Crippen molar-refractivity contribution in [2.45, 2.75) is 19.0 Å². The first-order chi connectivity index (χ1) is 15.2. The highest BCUT2D eigenvalue weighted by Crippen LogP contribution is 2.33. The minimum absolute atomic E-state index is 0.169. The highest BCUT2D eigenvalue weighted by atomic mass is 32.1. The lowest BCUT2D eigenvalue weighted by Crippen LogP contribution is -2.20. The third-order valence-electron chi connectivity index (χ3n) is 4.29. The number of ether oxygens (including phenoxy) is 2. The van der Waals surface area contributed by atoms with Crippen LogP contribution in [0.1, 0.15) is 16.1 Å². The number of amides is 2. The van der Waals surface area contributed by atoms with Gasteiger partial charge in [-0.3, -0.25) is 5.32 Å². The number of carbonyl (C=O) groups is 1. The van der Waals surface area contributed by atoms with Crippen molar-refractivity contribution in [3.05, 3.63) is 58.3 Å². The van der Waals surface area contributed by atoms with E-state index < -0.39 is 23.6 Å². The molecule has 0 fully saturated rings. The van der Waals surface area contributed by atoms with E-state index in [4.69, 9.17) is 9.47 Å². The Bertz CT molecular complexity index is 1100. The number of aryl methyl sites for hydroxylation is 2. The quantitative estimate of drug-likeness (QED) is 0.467. The van der Waals surface area contributed by atoms with E-state index in [0.29, 0.717) is 41.5 Å². The molecule has 0 aliphatic rings. The molecule has 1 aromatic heterocycles. The first-order valence-corrected chi connectivity index (χ1v) is 9.99. The lowest BCUT2D eigenvalue weighted by atomic mass is 10.1. The number of nitrogens with zero attached hydrogens (tertiary/aromatic N) is 2. The third kappa shape index (κ3) is 5.84. The van der Waals surface area contributed by atoms with Gasteiger partial charge in [-0.05, 0) is 42.3 Å². The van der Waals surface area contributed by atoms with Gasteiger partial charge in [0.1, 0.15) is 10.8 Å². The number of benzene rings is 2. The van der Waals surface area contributed by atoms with E-state index in [9.17, 15) is 22.4 Å². The second-order valence-corrected chi connectivity index (χ2v) is 7.52. The summed E-state index contributed by atoms with van der Waals surface area (Å²) < 4.78 is 62.2. The van der Waals surface area contributed by atoms with Gasteiger partial charge in [0, 0.05) is 12.1 Å². The van der Waals surface area contributed by atoms with E-state index in [1.54, 1.807) is 20.3 Å². The summed E-state index contributed by atoms with van der Waals surface area (Å²) in [6.07, 6.45) is -3.69. The zero-order valence-electron chi connectivity index (χ0n) is 16.9. The Morgan fingerprint density at radius 1 is 1.00 bits per heavy atom. The molecular formula is C20H18F4N4O3S. The number of rotatable bonds is 7. The molecule has 2 amide bonds. The van der Waals surface area contributed by atoms with Gasteiger partial charge in [0.2, 0.25) is 5.13 Å². The van der Waals surface area contributed by atoms with Crippen LogP contribution in [0, 0.1) is 5.82 Å². The maximum Gasteiger partial charge on any atom is 0.419 e. The third-order valence-corrected chi connectivity index (χ3v) is 5.19. The number of nitrogens with one attached hydrogen (secondary N) is 2. The molecule has 0 spiro atoms. The number of hydrogen-bond donors (Lipinski definition) is 2. The largest absolute Gasteiger partial charge is 0.493 e. The molecule has 2 aromatic carbocycles.